The van der Waals surface area contributed by atoms with Gasteiger partial charge in [0.25, 0.3) is 0 Å². The summed E-state index contributed by atoms with van der Waals surface area (Å²) in [5, 5.41) is 21.4. The highest BCUT2D eigenvalue weighted by atomic mass is 19.4. The van der Waals surface area contributed by atoms with Gasteiger partial charge in [0.05, 0.1) is 13.2 Å². The molecule has 0 aromatic carbocycles. The van der Waals surface area contributed by atoms with E-state index in [-0.39, 0.29) is 0 Å². The van der Waals surface area contributed by atoms with Gasteiger partial charge in [-0.1, -0.05) is 13.0 Å². The van der Waals surface area contributed by atoms with Crippen molar-refractivity contribution in [2.24, 2.45) is 5.41 Å². The van der Waals surface area contributed by atoms with Gasteiger partial charge in [-0.05, 0) is 37.6 Å². The number of nitrogens with zero attached hydrogens (tertiary/aromatic N) is 3. The maximum Gasteiger partial charge on any atom is 0.490 e. The molecule has 0 amide bonds. The lowest BCUT2D eigenvalue weighted by atomic mass is 9.80. The largest absolute Gasteiger partial charge is 0.490 e. The molecule has 2 aliphatic heterocycles. The van der Waals surface area contributed by atoms with E-state index in [1.807, 2.05) is 18.5 Å². The number of carbonyl (C=O) groups is 3. The smallest absolute Gasteiger partial charge is 0.475 e. The van der Waals surface area contributed by atoms with Gasteiger partial charge in [-0.25, -0.2) is 14.4 Å². The molecule has 0 radical (unpaired) electrons. The molecule has 0 saturated carbocycles. The molecule has 2 saturated heterocycles. The summed E-state index contributed by atoms with van der Waals surface area (Å²) in [7, 11) is 0. The molecule has 1 aromatic heterocycles. The fourth-order valence-electron chi connectivity index (χ4n) is 3.79. The Labute approximate surface area is 233 Å². The van der Waals surface area contributed by atoms with Crippen molar-refractivity contribution in [3.63, 3.8) is 0 Å². The number of hydrogen-bond acceptors (Lipinski definition) is 7. The van der Waals surface area contributed by atoms with E-state index in [2.05, 4.69) is 27.8 Å². The zero-order valence-corrected chi connectivity index (χ0v) is 22.1. The number of piperidine rings is 1. The molecule has 10 nitrogen and oxygen atoms in total. The van der Waals surface area contributed by atoms with Crippen LogP contribution in [0.5, 0.6) is 0 Å². The quantitative estimate of drug-likeness (QED) is 0.421. The third-order valence-corrected chi connectivity index (χ3v) is 5.56. The number of carboxylic acids is 3. The highest BCUT2D eigenvalue weighted by molar-refractivity contribution is 5.73. The minimum Gasteiger partial charge on any atom is -0.475 e. The van der Waals surface area contributed by atoms with Crippen LogP contribution in [0.4, 0.5) is 39.5 Å². The summed E-state index contributed by atoms with van der Waals surface area (Å²) >= 11 is 0. The minimum atomic E-state index is -5.08. The molecular weight excluding hydrogens is 601 g/mol. The van der Waals surface area contributed by atoms with Gasteiger partial charge in [0.15, 0.2) is 0 Å². The molecule has 242 valence electrons. The molecule has 3 N–H and O–H groups in total. The van der Waals surface area contributed by atoms with Crippen LogP contribution in [0.1, 0.15) is 25.3 Å². The maximum absolute atomic E-state index is 10.6. The lowest BCUT2D eigenvalue weighted by molar-refractivity contribution is -0.193. The first kappa shape index (κ1) is 38.8. The Balaban J connectivity index is 0.000000660. The summed E-state index contributed by atoms with van der Waals surface area (Å²) < 4.78 is 101. The Kier molecular flexibility index (Phi) is 15.8. The summed E-state index contributed by atoms with van der Waals surface area (Å²) in [6, 6.07) is 4.21. The predicted octanol–water partition coefficient (Wildman–Crippen LogP) is 3.92. The molecular formula is C23H30F9N3O7. The van der Waals surface area contributed by atoms with Gasteiger partial charge in [-0.15, -0.1) is 0 Å². The van der Waals surface area contributed by atoms with Crippen molar-refractivity contribution in [3.05, 3.63) is 30.1 Å². The van der Waals surface area contributed by atoms with Crippen molar-refractivity contribution < 1.29 is 74.0 Å². The van der Waals surface area contributed by atoms with E-state index >= 15 is 0 Å². The number of aliphatic carboxylic acids is 3. The van der Waals surface area contributed by atoms with Crippen molar-refractivity contribution >= 4 is 17.9 Å². The van der Waals surface area contributed by atoms with E-state index in [1.165, 1.54) is 31.5 Å². The average molecular weight is 631 g/mol. The number of likely N-dealkylation sites (tertiary alicyclic amines) is 1. The fraction of sp³-hybridized carbons (Fsp3) is 0.652. The second-order valence-electron chi connectivity index (χ2n) is 9.01. The average Bonchev–Trinajstić information content (AvgIpc) is 3.06. The Morgan fingerprint density at radius 2 is 1.36 bits per heavy atom. The van der Waals surface area contributed by atoms with E-state index in [0.717, 1.165) is 39.4 Å². The number of rotatable bonds is 3. The summed E-state index contributed by atoms with van der Waals surface area (Å²) in [6.45, 7) is 10.8. The van der Waals surface area contributed by atoms with Crippen LogP contribution < -0.4 is 0 Å². The number of alkyl halides is 9. The predicted molar refractivity (Wildman–Crippen MR) is 125 cm³/mol. The standard InChI is InChI=1S/C17H27N3O.3C2HF3O2/c1-2-19-9-10-21-15-17(13-19)6-4-8-20(14-17)12-16-5-3-7-18-11-16;3*3-2(4,5)1(6)7/h3,5,7,11H,2,4,6,8-10,12-15H2,1H3;3*(H,6,7). The summed E-state index contributed by atoms with van der Waals surface area (Å²) in [6.07, 6.45) is -8.84. The SMILES string of the molecule is CCN1CCOCC2(CCCN(Cc3cccnc3)C2)C1.O=C(O)C(F)(F)F.O=C(O)C(F)(F)F.O=C(O)C(F)(F)F. The molecule has 42 heavy (non-hydrogen) atoms. The Hall–Kier alpha value is -3.19. The number of carboxylic acid groups (broad SMARTS) is 3. The second-order valence-corrected chi connectivity index (χ2v) is 9.01. The van der Waals surface area contributed by atoms with Crippen LogP contribution in [-0.2, 0) is 25.7 Å². The number of aromatic nitrogens is 1. The first-order valence-corrected chi connectivity index (χ1v) is 11.9. The van der Waals surface area contributed by atoms with E-state index in [4.69, 9.17) is 34.4 Å². The third kappa shape index (κ3) is 16.3. The van der Waals surface area contributed by atoms with Crippen molar-refractivity contribution in [1.29, 1.82) is 0 Å². The van der Waals surface area contributed by atoms with Crippen molar-refractivity contribution in [2.45, 2.75) is 44.8 Å². The Bertz CT molecular complexity index is 920. The maximum atomic E-state index is 10.6. The zero-order chi connectivity index (χ0) is 32.8. The second kappa shape index (κ2) is 17.1. The van der Waals surface area contributed by atoms with Gasteiger partial charge < -0.3 is 25.0 Å². The number of hydrogen-bond donors (Lipinski definition) is 3. The van der Waals surface area contributed by atoms with E-state index in [1.54, 1.807) is 0 Å². The van der Waals surface area contributed by atoms with Gasteiger partial charge >= 0.3 is 36.4 Å². The molecule has 1 unspecified atom stereocenters. The highest BCUT2D eigenvalue weighted by Crippen LogP contribution is 2.33. The number of pyridine rings is 1. The van der Waals surface area contributed by atoms with Crippen molar-refractivity contribution in [2.75, 3.05) is 45.9 Å². The molecule has 0 aliphatic carbocycles. The number of halogens is 9. The van der Waals surface area contributed by atoms with Gasteiger partial charge in [-0.3, -0.25) is 9.88 Å². The molecule has 19 heteroatoms. The van der Waals surface area contributed by atoms with Crippen LogP contribution >= 0.6 is 0 Å². The molecule has 3 heterocycles. The highest BCUT2D eigenvalue weighted by Gasteiger charge is 2.40. The van der Waals surface area contributed by atoms with E-state index < -0.39 is 36.4 Å². The fourth-order valence-corrected chi connectivity index (χ4v) is 3.79. The van der Waals surface area contributed by atoms with Gasteiger partial charge in [0, 0.05) is 44.0 Å². The summed E-state index contributed by atoms with van der Waals surface area (Å²) in [4.78, 5) is 36.1. The zero-order valence-electron chi connectivity index (χ0n) is 22.1. The summed E-state index contributed by atoms with van der Waals surface area (Å²) in [5.41, 5.74) is 1.64. The van der Waals surface area contributed by atoms with Crippen LogP contribution in [0.25, 0.3) is 0 Å². The van der Waals surface area contributed by atoms with E-state index in [9.17, 15) is 39.5 Å². The third-order valence-electron chi connectivity index (χ3n) is 5.56. The first-order valence-electron chi connectivity index (χ1n) is 11.9. The molecule has 2 aliphatic rings. The van der Waals surface area contributed by atoms with Crippen molar-refractivity contribution in [1.82, 2.24) is 14.8 Å². The Morgan fingerprint density at radius 1 is 0.881 bits per heavy atom. The molecule has 2 fully saturated rings. The van der Waals surface area contributed by atoms with Gasteiger partial charge in [0.2, 0.25) is 0 Å². The summed E-state index contributed by atoms with van der Waals surface area (Å²) in [5.74, 6) is -8.27. The molecule has 0 bridgehead atoms. The van der Waals surface area contributed by atoms with Crippen LogP contribution in [0.15, 0.2) is 24.5 Å². The monoisotopic (exact) mass is 631 g/mol. The lowest BCUT2D eigenvalue weighted by Crippen LogP contribution is -2.50. The normalized spacial score (nSPS) is 20.0. The first-order chi connectivity index (χ1) is 19.1. The molecule has 1 atom stereocenters. The topological polar surface area (TPSA) is 140 Å². The molecule has 1 aromatic rings. The van der Waals surface area contributed by atoms with Crippen LogP contribution in [0.3, 0.4) is 0 Å². The Morgan fingerprint density at radius 3 is 1.76 bits per heavy atom. The number of ether oxygens (including phenoxy) is 1. The lowest BCUT2D eigenvalue weighted by Gasteiger charge is -2.43. The molecule has 1 spiro atoms. The minimum absolute atomic E-state index is 0.326. The number of likely N-dealkylation sites (N-methyl/N-ethyl adjacent to an activating group) is 1. The van der Waals surface area contributed by atoms with Crippen LogP contribution in [-0.4, -0.2) is 112 Å². The van der Waals surface area contributed by atoms with E-state index in [0.29, 0.717) is 5.41 Å². The van der Waals surface area contributed by atoms with Crippen molar-refractivity contribution in [3.8, 4) is 0 Å². The van der Waals surface area contributed by atoms with Gasteiger partial charge in [-0.2, -0.15) is 39.5 Å². The van der Waals surface area contributed by atoms with Crippen LogP contribution in [0, 0.1) is 5.41 Å². The van der Waals surface area contributed by atoms with Crippen LogP contribution in [0.2, 0.25) is 0 Å². The van der Waals surface area contributed by atoms with Gasteiger partial charge in [0.1, 0.15) is 0 Å². The molecule has 3 rings (SSSR count).